The minimum Gasteiger partial charge on any atom is -0.399 e. The number of para-hydroxylation sites is 1. The van der Waals surface area contributed by atoms with Crippen molar-refractivity contribution in [2.75, 3.05) is 26.4 Å². The number of nitrogens with zero attached hydrogens (tertiary/aromatic N) is 1. The van der Waals surface area contributed by atoms with Crippen LogP contribution < -0.4 is 11.1 Å². The molecule has 0 saturated heterocycles. The summed E-state index contributed by atoms with van der Waals surface area (Å²) in [6.45, 7) is 0.0378. The van der Waals surface area contributed by atoms with E-state index in [9.17, 15) is 9.59 Å². The van der Waals surface area contributed by atoms with Crippen LogP contribution in [0.3, 0.4) is 0 Å². The molecule has 6 heteroatoms. The van der Waals surface area contributed by atoms with E-state index in [1.54, 1.807) is 14.1 Å². The summed E-state index contributed by atoms with van der Waals surface area (Å²) in [4.78, 5) is 24.2. The first-order chi connectivity index (χ1) is 8.50. The van der Waals surface area contributed by atoms with Crippen LogP contribution in [0, 0.1) is 0 Å². The molecule has 3 N–H and O–H groups in total. The van der Waals surface area contributed by atoms with Crippen molar-refractivity contribution in [2.45, 2.75) is 12.8 Å². The maximum atomic E-state index is 11.5. The van der Waals surface area contributed by atoms with Gasteiger partial charge in [0.05, 0.1) is 6.54 Å². The predicted molar refractivity (Wildman–Crippen MR) is 78.1 cm³/mol. The molecule has 0 heterocycles. The molecule has 0 aromatic heterocycles. The molecule has 0 aliphatic rings. The SMILES string of the molecule is CN(C)C(=O)CNC(=O)CCc1ccccc1N.Cl. The number of nitrogens with one attached hydrogen (secondary N) is 1. The molecule has 5 nitrogen and oxygen atoms in total. The number of nitrogen functional groups attached to an aromatic ring is 1. The average molecular weight is 286 g/mol. The summed E-state index contributed by atoms with van der Waals surface area (Å²) in [7, 11) is 3.30. The molecule has 106 valence electrons. The zero-order valence-electron chi connectivity index (χ0n) is 11.2. The lowest BCUT2D eigenvalue weighted by molar-refractivity contribution is -0.130. The number of amides is 2. The number of halogens is 1. The van der Waals surface area contributed by atoms with Gasteiger partial charge in [0.25, 0.3) is 0 Å². The maximum Gasteiger partial charge on any atom is 0.241 e. The van der Waals surface area contributed by atoms with Gasteiger partial charge in [-0.05, 0) is 18.1 Å². The van der Waals surface area contributed by atoms with E-state index in [-0.39, 0.29) is 30.8 Å². The van der Waals surface area contributed by atoms with Gasteiger partial charge in [-0.15, -0.1) is 12.4 Å². The third kappa shape index (κ3) is 6.10. The van der Waals surface area contributed by atoms with Crippen molar-refractivity contribution >= 4 is 29.9 Å². The highest BCUT2D eigenvalue weighted by atomic mass is 35.5. The fourth-order valence-corrected chi connectivity index (χ4v) is 1.43. The third-order valence-corrected chi connectivity index (χ3v) is 2.61. The number of benzene rings is 1. The zero-order valence-corrected chi connectivity index (χ0v) is 12.0. The number of carbonyl (C=O) groups is 2. The number of carbonyl (C=O) groups excluding carboxylic acids is 2. The van der Waals surface area contributed by atoms with Crippen LogP contribution >= 0.6 is 12.4 Å². The number of rotatable bonds is 5. The summed E-state index contributed by atoms with van der Waals surface area (Å²) in [6.07, 6.45) is 0.906. The molecular formula is C13H20ClN3O2. The van der Waals surface area contributed by atoms with Crippen molar-refractivity contribution in [3.63, 3.8) is 0 Å². The molecule has 0 aliphatic carbocycles. The average Bonchev–Trinajstić information content (AvgIpc) is 2.34. The highest BCUT2D eigenvalue weighted by Gasteiger charge is 2.07. The van der Waals surface area contributed by atoms with Crippen LogP contribution in [0.15, 0.2) is 24.3 Å². The molecule has 0 fully saturated rings. The molecule has 1 rings (SSSR count). The Kier molecular flexibility index (Phi) is 7.60. The van der Waals surface area contributed by atoms with Gasteiger partial charge < -0.3 is 16.0 Å². The first kappa shape index (κ1) is 17.2. The fourth-order valence-electron chi connectivity index (χ4n) is 1.43. The highest BCUT2D eigenvalue weighted by molar-refractivity contribution is 5.85. The van der Waals surface area contributed by atoms with Crippen molar-refractivity contribution in [3.05, 3.63) is 29.8 Å². The second kappa shape index (κ2) is 8.37. The number of hydrogen-bond donors (Lipinski definition) is 2. The van der Waals surface area contributed by atoms with E-state index < -0.39 is 0 Å². The number of aryl methyl sites for hydroxylation is 1. The molecule has 0 atom stereocenters. The first-order valence-corrected chi connectivity index (χ1v) is 5.81. The Morgan fingerprint density at radius 3 is 2.47 bits per heavy atom. The van der Waals surface area contributed by atoms with Gasteiger partial charge >= 0.3 is 0 Å². The largest absolute Gasteiger partial charge is 0.399 e. The topological polar surface area (TPSA) is 75.4 Å². The van der Waals surface area contributed by atoms with Crippen molar-refractivity contribution in [1.82, 2.24) is 10.2 Å². The minimum absolute atomic E-state index is 0. The quantitative estimate of drug-likeness (QED) is 0.787. The maximum absolute atomic E-state index is 11.5. The summed E-state index contributed by atoms with van der Waals surface area (Å²) in [6, 6.07) is 7.45. The molecule has 1 aromatic rings. The van der Waals surface area contributed by atoms with Gasteiger partial charge in [0.15, 0.2) is 0 Å². The van der Waals surface area contributed by atoms with Crippen LogP contribution in [-0.2, 0) is 16.0 Å². The Bertz CT molecular complexity index is 436. The van der Waals surface area contributed by atoms with Crippen LogP contribution in [0.1, 0.15) is 12.0 Å². The van der Waals surface area contributed by atoms with Crippen LogP contribution in [0.5, 0.6) is 0 Å². The Morgan fingerprint density at radius 2 is 1.89 bits per heavy atom. The summed E-state index contributed by atoms with van der Waals surface area (Å²) in [5.74, 6) is -0.268. The lowest BCUT2D eigenvalue weighted by atomic mass is 10.1. The van der Waals surface area contributed by atoms with Crippen LogP contribution in [0.4, 0.5) is 5.69 Å². The summed E-state index contributed by atoms with van der Waals surface area (Å²) in [5.41, 5.74) is 7.42. The molecule has 0 saturated carbocycles. The van der Waals surface area contributed by atoms with E-state index in [0.717, 1.165) is 5.56 Å². The molecule has 0 aliphatic heterocycles. The Balaban J connectivity index is 0.00000324. The van der Waals surface area contributed by atoms with Crippen molar-refractivity contribution in [2.24, 2.45) is 0 Å². The van der Waals surface area contributed by atoms with Gasteiger partial charge in [-0.3, -0.25) is 9.59 Å². The number of anilines is 1. The van der Waals surface area contributed by atoms with Crippen LogP contribution in [0.2, 0.25) is 0 Å². The minimum atomic E-state index is -0.145. The number of hydrogen-bond acceptors (Lipinski definition) is 3. The Morgan fingerprint density at radius 1 is 1.26 bits per heavy atom. The lowest BCUT2D eigenvalue weighted by Gasteiger charge is -2.11. The van der Waals surface area contributed by atoms with E-state index >= 15 is 0 Å². The molecule has 0 spiro atoms. The molecule has 0 radical (unpaired) electrons. The molecule has 1 aromatic carbocycles. The Hall–Kier alpha value is -1.75. The van der Waals surface area contributed by atoms with E-state index in [1.807, 2.05) is 24.3 Å². The van der Waals surface area contributed by atoms with E-state index in [0.29, 0.717) is 18.5 Å². The lowest BCUT2D eigenvalue weighted by Crippen LogP contribution is -2.36. The standard InChI is InChI=1S/C13H19N3O2.ClH/c1-16(2)13(18)9-15-12(17)8-7-10-5-3-4-6-11(10)14;/h3-6H,7-9,14H2,1-2H3,(H,15,17);1H. The van der Waals surface area contributed by atoms with Crippen molar-refractivity contribution in [3.8, 4) is 0 Å². The van der Waals surface area contributed by atoms with Crippen molar-refractivity contribution < 1.29 is 9.59 Å². The van der Waals surface area contributed by atoms with Gasteiger partial charge in [-0.25, -0.2) is 0 Å². The summed E-state index contributed by atoms with van der Waals surface area (Å²) in [5, 5.41) is 2.58. The molecule has 0 unspecified atom stereocenters. The molecule has 0 bridgehead atoms. The van der Waals surface area contributed by atoms with Gasteiger partial charge in [0.1, 0.15) is 0 Å². The Labute approximate surface area is 119 Å². The molecule has 2 amide bonds. The normalized spacial score (nSPS) is 9.37. The van der Waals surface area contributed by atoms with Crippen LogP contribution in [-0.4, -0.2) is 37.4 Å². The highest BCUT2D eigenvalue weighted by Crippen LogP contribution is 2.12. The smallest absolute Gasteiger partial charge is 0.241 e. The second-order valence-corrected chi connectivity index (χ2v) is 4.26. The second-order valence-electron chi connectivity index (χ2n) is 4.26. The van der Waals surface area contributed by atoms with E-state index in [4.69, 9.17) is 5.73 Å². The first-order valence-electron chi connectivity index (χ1n) is 5.81. The van der Waals surface area contributed by atoms with Crippen LogP contribution in [0.25, 0.3) is 0 Å². The summed E-state index contributed by atoms with van der Waals surface area (Å²) < 4.78 is 0. The molecule has 19 heavy (non-hydrogen) atoms. The fraction of sp³-hybridized carbons (Fsp3) is 0.385. The van der Waals surface area contributed by atoms with Gasteiger partial charge in [-0.2, -0.15) is 0 Å². The van der Waals surface area contributed by atoms with Gasteiger partial charge in [0, 0.05) is 26.2 Å². The predicted octanol–water partition coefficient (Wildman–Crippen LogP) is 0.828. The number of likely N-dealkylation sites (N-methyl/N-ethyl adjacent to an activating group) is 1. The van der Waals surface area contributed by atoms with Crippen molar-refractivity contribution in [1.29, 1.82) is 0 Å². The monoisotopic (exact) mass is 285 g/mol. The van der Waals surface area contributed by atoms with E-state index in [2.05, 4.69) is 5.32 Å². The molecular weight excluding hydrogens is 266 g/mol. The third-order valence-electron chi connectivity index (χ3n) is 2.61. The van der Waals surface area contributed by atoms with Gasteiger partial charge in [-0.1, -0.05) is 18.2 Å². The number of nitrogens with two attached hydrogens (primary N) is 1. The van der Waals surface area contributed by atoms with Gasteiger partial charge in [0.2, 0.25) is 11.8 Å². The van der Waals surface area contributed by atoms with E-state index in [1.165, 1.54) is 4.90 Å². The summed E-state index contributed by atoms with van der Waals surface area (Å²) >= 11 is 0. The zero-order chi connectivity index (χ0) is 13.5.